The third-order valence-corrected chi connectivity index (χ3v) is 6.54. The van der Waals surface area contributed by atoms with Crippen molar-refractivity contribution in [1.29, 1.82) is 0 Å². The summed E-state index contributed by atoms with van der Waals surface area (Å²) in [6.07, 6.45) is 6.03. The van der Waals surface area contributed by atoms with E-state index in [1.54, 1.807) is 36.4 Å². The number of para-hydroxylation sites is 1. The highest BCUT2D eigenvalue weighted by Gasteiger charge is 2.18. The molecule has 1 N–H and O–H groups in total. The van der Waals surface area contributed by atoms with Crippen LogP contribution in [0.15, 0.2) is 58.5 Å². The Balaban J connectivity index is 1.58. The average molecular weight is 426 g/mol. The number of carbonyl (C=O) groups is 1. The highest BCUT2D eigenvalue weighted by atomic mass is 32.2. The van der Waals surface area contributed by atoms with Crippen molar-refractivity contribution in [2.75, 3.05) is 5.43 Å². The molecule has 1 heterocycles. The lowest BCUT2D eigenvalue weighted by atomic mass is 10.0. The van der Waals surface area contributed by atoms with E-state index in [0.717, 1.165) is 6.42 Å². The van der Waals surface area contributed by atoms with Crippen LogP contribution >= 0.6 is 11.8 Å². The second-order valence-corrected chi connectivity index (χ2v) is 8.60. The Hall–Kier alpha value is -2.67. The molecule has 2 aromatic carbocycles. The number of carbonyl (C=O) groups excluding carboxylic acids is 1. The van der Waals surface area contributed by atoms with Crippen molar-refractivity contribution in [3.63, 3.8) is 0 Å². The molecule has 156 valence electrons. The summed E-state index contributed by atoms with van der Waals surface area (Å²) in [5.41, 5.74) is 3.47. The van der Waals surface area contributed by atoms with Crippen LogP contribution in [0.1, 0.15) is 44.1 Å². The smallest absolute Gasteiger partial charge is 0.273 e. The predicted octanol–water partition coefficient (Wildman–Crippen LogP) is 4.87. The number of amides is 1. The highest BCUT2D eigenvalue weighted by molar-refractivity contribution is 7.98. The van der Waals surface area contributed by atoms with E-state index in [4.69, 9.17) is 0 Å². The van der Waals surface area contributed by atoms with Crippen molar-refractivity contribution in [1.82, 2.24) is 9.66 Å². The lowest BCUT2D eigenvalue weighted by molar-refractivity contribution is -0.117. The van der Waals surface area contributed by atoms with Crippen LogP contribution in [0.4, 0.5) is 4.39 Å². The van der Waals surface area contributed by atoms with Gasteiger partial charge in [-0.05, 0) is 36.1 Å². The molecule has 1 saturated carbocycles. The molecule has 0 atom stereocenters. The lowest BCUT2D eigenvalue weighted by Gasteiger charge is -2.15. The minimum Gasteiger partial charge on any atom is -0.273 e. The summed E-state index contributed by atoms with van der Waals surface area (Å²) in [7, 11) is 0. The number of nitrogens with zero attached hydrogens (tertiary/aromatic N) is 2. The molecule has 0 spiro atoms. The fourth-order valence-corrected chi connectivity index (χ4v) is 4.82. The van der Waals surface area contributed by atoms with Gasteiger partial charge in [0.1, 0.15) is 5.82 Å². The van der Waals surface area contributed by atoms with E-state index in [0.29, 0.717) is 39.7 Å². The SMILES string of the molecule is O=C(CCC1CCCC1)Nn1c(SCc2ccccc2F)nc2ccccc2c1=O. The maximum atomic E-state index is 14.0. The number of aromatic nitrogens is 2. The molecule has 1 fully saturated rings. The summed E-state index contributed by atoms with van der Waals surface area (Å²) in [5, 5.41) is 0.778. The minimum atomic E-state index is -0.328. The van der Waals surface area contributed by atoms with E-state index in [-0.39, 0.29) is 17.3 Å². The standard InChI is InChI=1S/C23H24FN3O2S/c24-19-11-5-3-9-17(19)15-30-23-25-20-12-6-4-10-18(20)22(29)27(23)26-21(28)14-13-16-7-1-2-8-16/h3-6,9-12,16H,1-2,7-8,13-15H2,(H,26,28). The van der Waals surface area contributed by atoms with E-state index in [1.165, 1.54) is 48.2 Å². The van der Waals surface area contributed by atoms with Crippen LogP contribution in [0.3, 0.4) is 0 Å². The zero-order valence-corrected chi connectivity index (χ0v) is 17.5. The maximum Gasteiger partial charge on any atom is 0.281 e. The fraction of sp³-hybridized carbons (Fsp3) is 0.348. The van der Waals surface area contributed by atoms with Crippen molar-refractivity contribution >= 4 is 28.6 Å². The van der Waals surface area contributed by atoms with Crippen LogP contribution in [0.5, 0.6) is 0 Å². The zero-order chi connectivity index (χ0) is 20.9. The van der Waals surface area contributed by atoms with Gasteiger partial charge < -0.3 is 0 Å². The molecule has 1 aliphatic rings. The largest absolute Gasteiger partial charge is 0.281 e. The summed E-state index contributed by atoms with van der Waals surface area (Å²) >= 11 is 1.23. The summed E-state index contributed by atoms with van der Waals surface area (Å²) < 4.78 is 15.2. The van der Waals surface area contributed by atoms with Crippen LogP contribution < -0.4 is 11.0 Å². The van der Waals surface area contributed by atoms with Crippen molar-refractivity contribution in [3.8, 4) is 0 Å². The molecule has 1 aliphatic carbocycles. The first-order valence-electron chi connectivity index (χ1n) is 10.3. The van der Waals surface area contributed by atoms with E-state index < -0.39 is 0 Å². The van der Waals surface area contributed by atoms with Gasteiger partial charge in [-0.25, -0.2) is 9.37 Å². The van der Waals surface area contributed by atoms with E-state index in [2.05, 4.69) is 10.4 Å². The van der Waals surface area contributed by atoms with Gasteiger partial charge in [-0.2, -0.15) is 4.68 Å². The van der Waals surface area contributed by atoms with Crippen LogP contribution in [0.2, 0.25) is 0 Å². The van der Waals surface area contributed by atoms with Gasteiger partial charge >= 0.3 is 0 Å². The maximum absolute atomic E-state index is 14.0. The summed E-state index contributed by atoms with van der Waals surface area (Å²) in [4.78, 5) is 30.2. The van der Waals surface area contributed by atoms with E-state index >= 15 is 0 Å². The number of fused-ring (bicyclic) bond motifs is 1. The quantitative estimate of drug-likeness (QED) is 0.433. The third kappa shape index (κ3) is 4.73. The van der Waals surface area contributed by atoms with Crippen LogP contribution in [0.25, 0.3) is 10.9 Å². The second kappa shape index (κ2) is 9.43. The Kier molecular flexibility index (Phi) is 6.47. The van der Waals surface area contributed by atoms with Gasteiger partial charge in [0.25, 0.3) is 5.56 Å². The topological polar surface area (TPSA) is 64.0 Å². The van der Waals surface area contributed by atoms with Crippen LogP contribution in [0, 0.1) is 11.7 Å². The lowest BCUT2D eigenvalue weighted by Crippen LogP contribution is -2.35. The Morgan fingerprint density at radius 3 is 2.67 bits per heavy atom. The molecule has 0 aliphatic heterocycles. The Labute approximate surface area is 178 Å². The van der Waals surface area contributed by atoms with Crippen molar-refractivity contribution in [2.45, 2.75) is 49.4 Å². The molecule has 0 radical (unpaired) electrons. The molecule has 1 aromatic heterocycles. The molecule has 7 heteroatoms. The summed E-state index contributed by atoms with van der Waals surface area (Å²) in [6.45, 7) is 0. The number of hydrogen-bond donors (Lipinski definition) is 1. The minimum absolute atomic E-state index is 0.200. The number of benzene rings is 2. The molecular formula is C23H24FN3O2S. The van der Waals surface area contributed by atoms with Gasteiger partial charge in [-0.1, -0.05) is 67.8 Å². The highest BCUT2D eigenvalue weighted by Crippen LogP contribution is 2.28. The number of thioether (sulfide) groups is 1. The van der Waals surface area contributed by atoms with Gasteiger partial charge in [0, 0.05) is 12.2 Å². The second-order valence-electron chi connectivity index (χ2n) is 7.66. The molecule has 3 aromatic rings. The normalized spacial score (nSPS) is 14.3. The molecule has 0 bridgehead atoms. The van der Waals surface area contributed by atoms with Crippen molar-refractivity contribution in [2.24, 2.45) is 5.92 Å². The van der Waals surface area contributed by atoms with Crippen molar-refractivity contribution in [3.05, 3.63) is 70.3 Å². The summed E-state index contributed by atoms with van der Waals surface area (Å²) in [5.74, 6) is 0.390. The van der Waals surface area contributed by atoms with Gasteiger partial charge in [0.15, 0.2) is 5.16 Å². The summed E-state index contributed by atoms with van der Waals surface area (Å²) in [6, 6.07) is 13.5. The first-order valence-corrected chi connectivity index (χ1v) is 11.3. The van der Waals surface area contributed by atoms with E-state index in [1.807, 2.05) is 6.07 Å². The fourth-order valence-electron chi connectivity index (χ4n) is 3.88. The molecule has 0 unspecified atom stereocenters. The van der Waals surface area contributed by atoms with Gasteiger partial charge in [-0.3, -0.25) is 15.0 Å². The third-order valence-electron chi connectivity index (χ3n) is 5.55. The molecule has 30 heavy (non-hydrogen) atoms. The molecule has 4 rings (SSSR count). The molecular weight excluding hydrogens is 401 g/mol. The van der Waals surface area contributed by atoms with Crippen LogP contribution in [-0.4, -0.2) is 15.6 Å². The Bertz CT molecular complexity index is 1110. The Morgan fingerprint density at radius 1 is 1.13 bits per heavy atom. The van der Waals surface area contributed by atoms with Crippen LogP contribution in [-0.2, 0) is 10.5 Å². The van der Waals surface area contributed by atoms with Crippen molar-refractivity contribution < 1.29 is 9.18 Å². The van der Waals surface area contributed by atoms with E-state index in [9.17, 15) is 14.0 Å². The monoisotopic (exact) mass is 425 g/mol. The predicted molar refractivity (Wildman–Crippen MR) is 118 cm³/mol. The zero-order valence-electron chi connectivity index (χ0n) is 16.6. The van der Waals surface area contributed by atoms with Gasteiger partial charge in [0.2, 0.25) is 5.91 Å². The van der Waals surface area contributed by atoms with Gasteiger partial charge in [0.05, 0.1) is 10.9 Å². The van der Waals surface area contributed by atoms with Gasteiger partial charge in [-0.15, -0.1) is 0 Å². The first kappa shape index (κ1) is 20.6. The molecule has 5 nitrogen and oxygen atoms in total. The number of halogens is 1. The average Bonchev–Trinajstić information content (AvgIpc) is 3.28. The number of hydrogen-bond acceptors (Lipinski definition) is 4. The Morgan fingerprint density at radius 2 is 1.87 bits per heavy atom. The molecule has 0 saturated heterocycles. The number of rotatable bonds is 7. The molecule has 1 amide bonds. The first-order chi connectivity index (χ1) is 14.6. The number of nitrogens with one attached hydrogen (secondary N) is 1.